The lowest BCUT2D eigenvalue weighted by atomic mass is 10.2. The van der Waals surface area contributed by atoms with Gasteiger partial charge in [-0.05, 0) is 43.7 Å². The fourth-order valence-electron chi connectivity index (χ4n) is 2.00. The molecule has 25 heavy (non-hydrogen) atoms. The number of rotatable bonds is 7. The van der Waals surface area contributed by atoms with E-state index in [0.717, 1.165) is 21.4 Å². The highest BCUT2D eigenvalue weighted by Gasteiger charge is 2.16. The van der Waals surface area contributed by atoms with Crippen molar-refractivity contribution in [2.75, 3.05) is 18.5 Å². The van der Waals surface area contributed by atoms with Gasteiger partial charge >= 0.3 is 5.97 Å². The number of carbonyl (C=O) groups excluding carboxylic acids is 3. The summed E-state index contributed by atoms with van der Waals surface area (Å²) in [6.45, 7) is 3.54. The first kappa shape index (κ1) is 19.1. The predicted molar refractivity (Wildman–Crippen MR) is 98.7 cm³/mol. The lowest BCUT2D eigenvalue weighted by Crippen LogP contribution is -2.20. The van der Waals surface area contributed by atoms with Gasteiger partial charge in [0.15, 0.2) is 12.9 Å². The molecule has 1 aromatic carbocycles. The van der Waals surface area contributed by atoms with E-state index in [4.69, 9.17) is 9.47 Å². The van der Waals surface area contributed by atoms with Crippen LogP contribution in [0.15, 0.2) is 28.7 Å². The molecule has 1 heterocycles. The van der Waals surface area contributed by atoms with Crippen LogP contribution in [0.2, 0.25) is 0 Å². The molecule has 0 saturated heterocycles. The topological polar surface area (TPSA) is 81.7 Å². The Hall–Kier alpha value is -2.19. The van der Waals surface area contributed by atoms with Crippen LogP contribution >= 0.6 is 27.3 Å². The van der Waals surface area contributed by atoms with Crippen molar-refractivity contribution in [1.82, 2.24) is 0 Å². The predicted octanol–water partition coefficient (Wildman–Crippen LogP) is 3.83. The molecule has 0 fully saturated rings. The Balaban J connectivity index is 1.98. The SMILES string of the molecule is CCOC(=O)c1sc(NC(=O)COc2ccc(Br)cc2C=O)cc1C. The fraction of sp³-hybridized carbons (Fsp3) is 0.235. The van der Waals surface area contributed by atoms with Crippen LogP contribution < -0.4 is 10.1 Å². The molecule has 0 unspecified atom stereocenters. The Morgan fingerprint density at radius 1 is 1.32 bits per heavy atom. The van der Waals surface area contributed by atoms with Gasteiger partial charge in [-0.1, -0.05) is 15.9 Å². The van der Waals surface area contributed by atoms with E-state index in [-0.39, 0.29) is 13.2 Å². The van der Waals surface area contributed by atoms with E-state index in [1.54, 1.807) is 38.1 Å². The van der Waals surface area contributed by atoms with Crippen LogP contribution in [0.3, 0.4) is 0 Å². The van der Waals surface area contributed by atoms with Gasteiger partial charge < -0.3 is 14.8 Å². The molecule has 1 aromatic heterocycles. The third-order valence-corrected chi connectivity index (χ3v) is 4.72. The van der Waals surface area contributed by atoms with Crippen molar-refractivity contribution in [1.29, 1.82) is 0 Å². The van der Waals surface area contributed by atoms with Crippen molar-refractivity contribution in [2.24, 2.45) is 0 Å². The van der Waals surface area contributed by atoms with Crippen LogP contribution in [-0.4, -0.2) is 31.4 Å². The van der Waals surface area contributed by atoms with Gasteiger partial charge in [0.25, 0.3) is 5.91 Å². The Morgan fingerprint density at radius 2 is 2.08 bits per heavy atom. The minimum absolute atomic E-state index is 0.256. The molecule has 0 bridgehead atoms. The Bertz CT molecular complexity index is 802. The summed E-state index contributed by atoms with van der Waals surface area (Å²) >= 11 is 4.41. The van der Waals surface area contributed by atoms with E-state index in [9.17, 15) is 14.4 Å². The number of thiophene rings is 1. The average molecular weight is 426 g/mol. The molecule has 0 saturated carbocycles. The summed E-state index contributed by atoms with van der Waals surface area (Å²) in [4.78, 5) is 35.3. The van der Waals surface area contributed by atoms with E-state index < -0.39 is 11.9 Å². The Morgan fingerprint density at radius 3 is 2.76 bits per heavy atom. The lowest BCUT2D eigenvalue weighted by molar-refractivity contribution is -0.118. The first-order valence-corrected chi connectivity index (χ1v) is 9.00. The molecule has 2 aromatic rings. The average Bonchev–Trinajstić information content (AvgIpc) is 2.94. The molecule has 2 rings (SSSR count). The normalized spacial score (nSPS) is 10.2. The van der Waals surface area contributed by atoms with Crippen molar-refractivity contribution in [3.63, 3.8) is 0 Å². The van der Waals surface area contributed by atoms with Gasteiger partial charge in [-0.2, -0.15) is 0 Å². The molecule has 6 nitrogen and oxygen atoms in total. The summed E-state index contributed by atoms with van der Waals surface area (Å²) in [5.74, 6) is -0.480. The van der Waals surface area contributed by atoms with Crippen LogP contribution in [-0.2, 0) is 9.53 Å². The zero-order chi connectivity index (χ0) is 18.4. The second-order valence-electron chi connectivity index (χ2n) is 4.98. The molecule has 1 N–H and O–H groups in total. The number of benzene rings is 1. The standard InChI is InChI=1S/C17H16BrNO5S/c1-3-23-17(22)16-10(2)6-15(25-16)19-14(21)9-24-13-5-4-12(18)7-11(13)8-20/h4-8H,3,9H2,1-2H3,(H,19,21). The van der Waals surface area contributed by atoms with E-state index in [1.807, 2.05) is 0 Å². The summed E-state index contributed by atoms with van der Waals surface area (Å²) in [7, 11) is 0. The summed E-state index contributed by atoms with van der Waals surface area (Å²) in [5.41, 5.74) is 1.08. The number of carbonyl (C=O) groups is 3. The molecular weight excluding hydrogens is 410 g/mol. The zero-order valence-electron chi connectivity index (χ0n) is 13.6. The summed E-state index contributed by atoms with van der Waals surface area (Å²) in [6, 6.07) is 6.63. The van der Waals surface area contributed by atoms with Gasteiger partial charge in [-0.15, -0.1) is 11.3 Å². The second kappa shape index (κ2) is 8.77. The monoisotopic (exact) mass is 425 g/mol. The Labute approximate surface area is 157 Å². The van der Waals surface area contributed by atoms with Gasteiger partial charge in [0.05, 0.1) is 17.2 Å². The molecule has 1 amide bonds. The molecule has 0 atom stereocenters. The number of halogens is 1. The molecule has 0 spiro atoms. The number of hydrogen-bond donors (Lipinski definition) is 1. The number of esters is 1. The zero-order valence-corrected chi connectivity index (χ0v) is 16.0. The number of nitrogens with one attached hydrogen (secondary N) is 1. The van der Waals surface area contributed by atoms with E-state index in [2.05, 4.69) is 21.2 Å². The summed E-state index contributed by atoms with van der Waals surface area (Å²) < 4.78 is 11.1. The molecule has 0 aliphatic rings. The highest BCUT2D eigenvalue weighted by atomic mass is 79.9. The molecular formula is C17H16BrNO5S. The smallest absolute Gasteiger partial charge is 0.348 e. The third-order valence-electron chi connectivity index (χ3n) is 3.10. The molecule has 132 valence electrons. The maximum atomic E-state index is 12.0. The van der Waals surface area contributed by atoms with Gasteiger partial charge in [0.2, 0.25) is 0 Å². The molecule has 0 aliphatic heterocycles. The lowest BCUT2D eigenvalue weighted by Gasteiger charge is -2.08. The number of ether oxygens (including phenoxy) is 2. The first-order valence-electron chi connectivity index (χ1n) is 7.39. The van der Waals surface area contributed by atoms with Crippen LogP contribution in [0.25, 0.3) is 0 Å². The van der Waals surface area contributed by atoms with Crippen molar-refractivity contribution >= 4 is 50.4 Å². The van der Waals surface area contributed by atoms with Crippen molar-refractivity contribution < 1.29 is 23.9 Å². The minimum atomic E-state index is -0.410. The van der Waals surface area contributed by atoms with Gasteiger partial charge in [0, 0.05) is 4.47 Å². The molecule has 0 aliphatic carbocycles. The van der Waals surface area contributed by atoms with Gasteiger partial charge in [0.1, 0.15) is 10.6 Å². The third kappa shape index (κ3) is 5.14. The first-order chi connectivity index (χ1) is 11.9. The summed E-state index contributed by atoms with van der Waals surface area (Å²) in [6.07, 6.45) is 0.659. The highest BCUT2D eigenvalue weighted by molar-refractivity contribution is 9.10. The minimum Gasteiger partial charge on any atom is -0.483 e. The number of anilines is 1. The van der Waals surface area contributed by atoms with Crippen molar-refractivity contribution in [3.8, 4) is 5.75 Å². The number of aldehydes is 1. The van der Waals surface area contributed by atoms with Crippen molar-refractivity contribution in [2.45, 2.75) is 13.8 Å². The number of aryl methyl sites for hydroxylation is 1. The molecule has 0 radical (unpaired) electrons. The van der Waals surface area contributed by atoms with Crippen LogP contribution in [0.4, 0.5) is 5.00 Å². The maximum absolute atomic E-state index is 12.0. The number of hydrogen-bond acceptors (Lipinski definition) is 6. The van der Waals surface area contributed by atoms with Crippen LogP contribution in [0.5, 0.6) is 5.75 Å². The quantitative estimate of drug-likeness (QED) is 0.538. The van der Waals surface area contributed by atoms with Crippen molar-refractivity contribution in [3.05, 3.63) is 44.7 Å². The van der Waals surface area contributed by atoms with E-state index >= 15 is 0 Å². The maximum Gasteiger partial charge on any atom is 0.348 e. The van der Waals surface area contributed by atoms with E-state index in [0.29, 0.717) is 27.5 Å². The van der Waals surface area contributed by atoms with E-state index in [1.165, 1.54) is 0 Å². The largest absolute Gasteiger partial charge is 0.483 e. The number of amides is 1. The van der Waals surface area contributed by atoms with Crippen LogP contribution in [0, 0.1) is 6.92 Å². The second-order valence-corrected chi connectivity index (χ2v) is 6.95. The van der Waals surface area contributed by atoms with Gasteiger partial charge in [-0.25, -0.2) is 4.79 Å². The van der Waals surface area contributed by atoms with Gasteiger partial charge in [-0.3, -0.25) is 9.59 Å². The fourth-order valence-corrected chi connectivity index (χ4v) is 3.36. The highest BCUT2D eigenvalue weighted by Crippen LogP contribution is 2.27. The van der Waals surface area contributed by atoms with Crippen LogP contribution in [0.1, 0.15) is 32.5 Å². The molecule has 8 heteroatoms. The Kier molecular flexibility index (Phi) is 6.72. The summed E-state index contributed by atoms with van der Waals surface area (Å²) in [5, 5.41) is 3.20.